The van der Waals surface area contributed by atoms with Crippen LogP contribution in [0.3, 0.4) is 0 Å². The Hall–Kier alpha value is -0.950. The normalized spacial score (nSPS) is 43.7. The number of aliphatic hydroxyl groups is 2. The number of aliphatic hydroxyl groups excluding tert-OH is 2. The van der Waals surface area contributed by atoms with E-state index in [1.165, 1.54) is 12.6 Å². The van der Waals surface area contributed by atoms with Crippen molar-refractivity contribution in [3.8, 4) is 0 Å². The fourth-order valence-corrected chi connectivity index (χ4v) is 2.15. The van der Waals surface area contributed by atoms with Crippen LogP contribution in [0.5, 0.6) is 0 Å². The third-order valence-electron chi connectivity index (χ3n) is 3.03. The molecule has 0 radical (unpaired) electrons. The molecule has 6 nitrogen and oxygen atoms in total. The Morgan fingerprint density at radius 2 is 2.47 bits per heavy atom. The minimum absolute atomic E-state index is 0.208. The average Bonchev–Trinajstić information content (AvgIpc) is 2.94. The van der Waals surface area contributed by atoms with E-state index in [0.717, 1.165) is 0 Å². The fourth-order valence-electron chi connectivity index (χ4n) is 2.15. The Balaban J connectivity index is 1.92. The summed E-state index contributed by atoms with van der Waals surface area (Å²) in [6.07, 6.45) is 1.03. The predicted molar refractivity (Wildman–Crippen MR) is 45.9 cm³/mol. The van der Waals surface area contributed by atoms with Crippen molar-refractivity contribution in [2.75, 3.05) is 13.2 Å². The second-order valence-electron chi connectivity index (χ2n) is 3.89. The first-order chi connectivity index (χ1) is 7.27. The summed E-state index contributed by atoms with van der Waals surface area (Å²) in [6.45, 7) is -0.0602. The molecule has 3 rings (SSSR count). The van der Waals surface area contributed by atoms with Crippen molar-refractivity contribution in [1.29, 1.82) is 0 Å². The molecule has 2 aliphatic rings. The maximum atomic E-state index is 9.88. The van der Waals surface area contributed by atoms with E-state index in [4.69, 9.17) is 13.9 Å². The van der Waals surface area contributed by atoms with Crippen LogP contribution in [0.2, 0.25) is 0 Å². The van der Waals surface area contributed by atoms with Gasteiger partial charge in [0.2, 0.25) is 0 Å². The molecule has 1 unspecified atom stereocenters. The van der Waals surface area contributed by atoms with Crippen LogP contribution >= 0.6 is 0 Å². The van der Waals surface area contributed by atoms with Crippen LogP contribution in [0.15, 0.2) is 17.0 Å². The molecule has 2 fully saturated rings. The SMILES string of the molecule is OC[C@]12CO[C@@H](C1O)[C@H](c1cnco1)O2. The number of fused-ring (bicyclic) bond motifs is 2. The summed E-state index contributed by atoms with van der Waals surface area (Å²) in [5, 5.41) is 19.1. The Morgan fingerprint density at radius 3 is 3.07 bits per heavy atom. The number of rotatable bonds is 2. The van der Waals surface area contributed by atoms with E-state index in [1.807, 2.05) is 0 Å². The molecule has 0 saturated carbocycles. The first kappa shape index (κ1) is 9.29. The van der Waals surface area contributed by atoms with Crippen LogP contribution in [0.1, 0.15) is 11.9 Å². The van der Waals surface area contributed by atoms with E-state index >= 15 is 0 Å². The first-order valence-corrected chi connectivity index (χ1v) is 4.73. The number of ether oxygens (including phenoxy) is 2. The van der Waals surface area contributed by atoms with Gasteiger partial charge in [0.1, 0.15) is 23.9 Å². The van der Waals surface area contributed by atoms with Crippen molar-refractivity contribution in [2.24, 2.45) is 0 Å². The lowest BCUT2D eigenvalue weighted by molar-refractivity contribution is -0.168. The first-order valence-electron chi connectivity index (χ1n) is 4.73. The van der Waals surface area contributed by atoms with E-state index in [-0.39, 0.29) is 13.2 Å². The summed E-state index contributed by atoms with van der Waals surface area (Å²) >= 11 is 0. The Morgan fingerprint density at radius 1 is 1.60 bits per heavy atom. The van der Waals surface area contributed by atoms with Gasteiger partial charge in [-0.3, -0.25) is 0 Å². The van der Waals surface area contributed by atoms with E-state index < -0.39 is 23.9 Å². The highest BCUT2D eigenvalue weighted by molar-refractivity contribution is 5.13. The van der Waals surface area contributed by atoms with Crippen LogP contribution in [0.25, 0.3) is 0 Å². The molecule has 82 valence electrons. The molecular weight excluding hydrogens is 202 g/mol. The van der Waals surface area contributed by atoms with Gasteiger partial charge >= 0.3 is 0 Å². The Kier molecular flexibility index (Phi) is 1.87. The topological polar surface area (TPSA) is 85.0 Å². The van der Waals surface area contributed by atoms with Gasteiger partial charge in [0, 0.05) is 0 Å². The lowest BCUT2D eigenvalue weighted by Gasteiger charge is -2.27. The van der Waals surface area contributed by atoms with Crippen molar-refractivity contribution in [3.63, 3.8) is 0 Å². The third kappa shape index (κ3) is 1.10. The molecule has 0 amide bonds. The lowest BCUT2D eigenvalue weighted by atomic mass is 9.99. The molecule has 1 aromatic heterocycles. The zero-order valence-electron chi connectivity index (χ0n) is 7.87. The molecule has 2 aliphatic heterocycles. The maximum Gasteiger partial charge on any atom is 0.180 e. The van der Waals surface area contributed by atoms with Crippen LogP contribution < -0.4 is 0 Å². The second kappa shape index (κ2) is 3.02. The molecule has 4 atom stereocenters. The Bertz CT molecular complexity index is 353. The molecule has 6 heteroatoms. The molecule has 2 bridgehead atoms. The van der Waals surface area contributed by atoms with Crippen molar-refractivity contribution in [3.05, 3.63) is 18.4 Å². The number of hydrogen-bond donors (Lipinski definition) is 2. The number of aromatic nitrogens is 1. The molecule has 2 saturated heterocycles. The molecule has 1 aromatic rings. The second-order valence-corrected chi connectivity index (χ2v) is 3.89. The van der Waals surface area contributed by atoms with Gasteiger partial charge in [-0.05, 0) is 0 Å². The molecule has 0 spiro atoms. The largest absolute Gasteiger partial charge is 0.446 e. The number of nitrogens with zero attached hydrogens (tertiary/aromatic N) is 1. The monoisotopic (exact) mass is 213 g/mol. The highest BCUT2D eigenvalue weighted by Gasteiger charge is 2.61. The molecule has 0 aliphatic carbocycles. The highest BCUT2D eigenvalue weighted by atomic mass is 16.6. The highest BCUT2D eigenvalue weighted by Crippen LogP contribution is 2.46. The van der Waals surface area contributed by atoms with Crippen molar-refractivity contribution >= 4 is 0 Å². The zero-order valence-corrected chi connectivity index (χ0v) is 7.87. The van der Waals surface area contributed by atoms with Crippen molar-refractivity contribution in [2.45, 2.75) is 23.9 Å². The summed E-state index contributed by atoms with van der Waals surface area (Å²) < 4.78 is 16.1. The minimum Gasteiger partial charge on any atom is -0.446 e. The van der Waals surface area contributed by atoms with Crippen LogP contribution in [-0.2, 0) is 9.47 Å². The molecule has 15 heavy (non-hydrogen) atoms. The van der Waals surface area contributed by atoms with Gasteiger partial charge in [-0.1, -0.05) is 0 Å². The molecule has 0 aromatic carbocycles. The minimum atomic E-state index is -0.998. The summed E-state index contributed by atoms with van der Waals surface area (Å²) in [5.41, 5.74) is -0.998. The van der Waals surface area contributed by atoms with Crippen LogP contribution in [-0.4, -0.2) is 46.2 Å². The smallest absolute Gasteiger partial charge is 0.180 e. The van der Waals surface area contributed by atoms with E-state index in [2.05, 4.69) is 4.98 Å². The number of oxazole rings is 1. The van der Waals surface area contributed by atoms with Gasteiger partial charge in [0.15, 0.2) is 12.2 Å². The van der Waals surface area contributed by atoms with Crippen molar-refractivity contribution in [1.82, 2.24) is 4.98 Å². The predicted octanol–water partition coefficient (Wildman–Crippen LogP) is -0.763. The van der Waals surface area contributed by atoms with E-state index in [9.17, 15) is 10.2 Å². The Labute approximate surface area is 85.4 Å². The fraction of sp³-hybridized carbons (Fsp3) is 0.667. The van der Waals surface area contributed by atoms with Crippen LogP contribution in [0, 0.1) is 0 Å². The van der Waals surface area contributed by atoms with Crippen molar-refractivity contribution < 1.29 is 24.1 Å². The van der Waals surface area contributed by atoms with Gasteiger partial charge in [0.25, 0.3) is 0 Å². The average molecular weight is 213 g/mol. The third-order valence-corrected chi connectivity index (χ3v) is 3.03. The van der Waals surface area contributed by atoms with Gasteiger partial charge in [-0.2, -0.15) is 0 Å². The summed E-state index contributed by atoms with van der Waals surface area (Å²) in [5.74, 6) is 0.508. The molecule has 2 N–H and O–H groups in total. The lowest BCUT2D eigenvalue weighted by Crippen LogP contribution is -2.43. The zero-order chi connectivity index (χ0) is 10.5. The molecular formula is C9H11NO5. The quantitative estimate of drug-likeness (QED) is 0.671. The number of hydrogen-bond acceptors (Lipinski definition) is 6. The van der Waals surface area contributed by atoms with Crippen LogP contribution in [0.4, 0.5) is 0 Å². The standard InChI is InChI=1S/C9H11NO5/c11-2-9-3-13-7(8(9)12)6(15-9)5-1-10-4-14-5/h1,4,6-8,11-12H,2-3H2/t6-,7+,8?,9-/m0/s1. The van der Waals surface area contributed by atoms with E-state index in [1.54, 1.807) is 0 Å². The molecule has 3 heterocycles. The van der Waals surface area contributed by atoms with Gasteiger partial charge in [0.05, 0.1) is 19.4 Å². The van der Waals surface area contributed by atoms with E-state index in [0.29, 0.717) is 5.76 Å². The van der Waals surface area contributed by atoms with Gasteiger partial charge in [-0.25, -0.2) is 4.98 Å². The summed E-state index contributed by atoms with van der Waals surface area (Å²) in [4.78, 5) is 3.78. The summed E-state index contributed by atoms with van der Waals surface area (Å²) in [7, 11) is 0. The van der Waals surface area contributed by atoms with Gasteiger partial charge in [-0.15, -0.1) is 0 Å². The summed E-state index contributed by atoms with van der Waals surface area (Å²) in [6, 6.07) is 0. The van der Waals surface area contributed by atoms with Gasteiger partial charge < -0.3 is 24.1 Å². The maximum absolute atomic E-state index is 9.88.